The Kier molecular flexibility index (Phi) is 3.95. The lowest BCUT2D eigenvalue weighted by molar-refractivity contribution is 0.440. The Bertz CT molecular complexity index is 523. The lowest BCUT2D eigenvalue weighted by atomic mass is 10.1. The van der Waals surface area contributed by atoms with Gasteiger partial charge in [0.25, 0.3) is 0 Å². The minimum atomic E-state index is -0.316. The summed E-state index contributed by atoms with van der Waals surface area (Å²) in [4.78, 5) is 0. The molecule has 0 fully saturated rings. The molecule has 2 aromatic carbocycles. The highest BCUT2D eigenvalue weighted by Gasteiger charge is 2.06. The summed E-state index contributed by atoms with van der Waals surface area (Å²) in [5.41, 5.74) is 7.20. The third-order valence-corrected chi connectivity index (χ3v) is 2.74. The van der Waals surface area contributed by atoms with E-state index in [-0.39, 0.29) is 11.6 Å². The lowest BCUT2D eigenvalue weighted by Crippen LogP contribution is -2.02. The van der Waals surface area contributed by atoms with E-state index in [4.69, 9.17) is 10.5 Å². The lowest BCUT2D eigenvalue weighted by Gasteiger charge is -2.08. The van der Waals surface area contributed by atoms with Crippen molar-refractivity contribution in [2.45, 2.75) is 13.3 Å². The second-order valence-electron chi connectivity index (χ2n) is 4.17. The van der Waals surface area contributed by atoms with Crippen LogP contribution in [0, 0.1) is 12.7 Å². The zero-order valence-electron chi connectivity index (χ0n) is 10.3. The van der Waals surface area contributed by atoms with Gasteiger partial charge in [0.1, 0.15) is 5.75 Å². The predicted octanol–water partition coefficient (Wildman–Crippen LogP) is 3.43. The van der Waals surface area contributed by atoms with Crippen molar-refractivity contribution in [2.24, 2.45) is 5.73 Å². The highest BCUT2D eigenvalue weighted by molar-refractivity contribution is 5.36. The van der Waals surface area contributed by atoms with Crippen molar-refractivity contribution in [2.75, 3.05) is 6.54 Å². The molecule has 0 amide bonds. The van der Waals surface area contributed by atoms with E-state index >= 15 is 0 Å². The molecule has 18 heavy (non-hydrogen) atoms. The van der Waals surface area contributed by atoms with Crippen molar-refractivity contribution in [3.63, 3.8) is 0 Å². The van der Waals surface area contributed by atoms with Gasteiger partial charge in [-0.3, -0.25) is 0 Å². The number of benzene rings is 2. The van der Waals surface area contributed by atoms with Crippen LogP contribution in [0.4, 0.5) is 4.39 Å². The first-order chi connectivity index (χ1) is 8.70. The van der Waals surface area contributed by atoms with Crippen LogP contribution < -0.4 is 10.5 Å². The Morgan fingerprint density at radius 2 is 1.83 bits per heavy atom. The zero-order chi connectivity index (χ0) is 13.0. The molecule has 0 atom stereocenters. The highest BCUT2D eigenvalue weighted by Crippen LogP contribution is 2.26. The first-order valence-corrected chi connectivity index (χ1v) is 5.92. The van der Waals surface area contributed by atoms with Gasteiger partial charge >= 0.3 is 0 Å². The normalized spacial score (nSPS) is 10.4. The molecule has 0 unspecified atom stereocenters. The van der Waals surface area contributed by atoms with E-state index < -0.39 is 0 Å². The van der Waals surface area contributed by atoms with E-state index in [1.165, 1.54) is 0 Å². The van der Waals surface area contributed by atoms with E-state index in [1.54, 1.807) is 25.1 Å². The molecule has 2 rings (SSSR count). The summed E-state index contributed by atoms with van der Waals surface area (Å²) < 4.78 is 19.3. The topological polar surface area (TPSA) is 35.2 Å². The highest BCUT2D eigenvalue weighted by atomic mass is 19.1. The molecule has 94 valence electrons. The molecule has 0 radical (unpaired) electrons. The minimum Gasteiger partial charge on any atom is -0.454 e. The van der Waals surface area contributed by atoms with Gasteiger partial charge < -0.3 is 10.5 Å². The molecule has 0 spiro atoms. The van der Waals surface area contributed by atoms with Gasteiger partial charge in [0.05, 0.1) is 0 Å². The van der Waals surface area contributed by atoms with E-state index in [0.29, 0.717) is 17.9 Å². The Morgan fingerprint density at radius 3 is 2.50 bits per heavy atom. The standard InChI is InChI=1S/C15H16FNO/c1-11-3-2-4-14(15(11)16)18-13-7-5-12(6-8-13)9-10-17/h2-8H,9-10,17H2,1H3. The van der Waals surface area contributed by atoms with Gasteiger partial charge in [-0.05, 0) is 49.2 Å². The van der Waals surface area contributed by atoms with Gasteiger partial charge in [-0.2, -0.15) is 0 Å². The maximum atomic E-state index is 13.7. The van der Waals surface area contributed by atoms with Crippen molar-refractivity contribution in [1.82, 2.24) is 0 Å². The molecule has 0 aromatic heterocycles. The van der Waals surface area contributed by atoms with Gasteiger partial charge in [0.2, 0.25) is 0 Å². The first-order valence-electron chi connectivity index (χ1n) is 5.92. The van der Waals surface area contributed by atoms with Crippen LogP contribution in [0.3, 0.4) is 0 Å². The van der Waals surface area contributed by atoms with Crippen molar-refractivity contribution < 1.29 is 9.13 Å². The van der Waals surface area contributed by atoms with Gasteiger partial charge in [-0.1, -0.05) is 24.3 Å². The van der Waals surface area contributed by atoms with Crippen LogP contribution in [0.1, 0.15) is 11.1 Å². The summed E-state index contributed by atoms with van der Waals surface area (Å²) in [6, 6.07) is 12.6. The average molecular weight is 245 g/mol. The maximum Gasteiger partial charge on any atom is 0.168 e. The summed E-state index contributed by atoms with van der Waals surface area (Å²) in [5, 5.41) is 0. The van der Waals surface area contributed by atoms with Crippen LogP contribution in [-0.4, -0.2) is 6.54 Å². The predicted molar refractivity (Wildman–Crippen MR) is 70.4 cm³/mol. The first kappa shape index (κ1) is 12.6. The van der Waals surface area contributed by atoms with Crippen LogP contribution >= 0.6 is 0 Å². The number of halogens is 1. The van der Waals surface area contributed by atoms with Crippen molar-refractivity contribution in [3.8, 4) is 11.5 Å². The fourth-order valence-electron chi connectivity index (χ4n) is 1.72. The number of rotatable bonds is 4. The molecular formula is C15H16FNO. The third kappa shape index (κ3) is 2.87. The summed E-state index contributed by atoms with van der Waals surface area (Å²) in [5.74, 6) is 0.561. The van der Waals surface area contributed by atoms with Crippen molar-refractivity contribution in [1.29, 1.82) is 0 Å². The largest absolute Gasteiger partial charge is 0.454 e. The Labute approximate surface area is 106 Å². The van der Waals surface area contributed by atoms with Crippen LogP contribution in [-0.2, 0) is 6.42 Å². The number of hydrogen-bond donors (Lipinski definition) is 1. The van der Waals surface area contributed by atoms with E-state index in [0.717, 1.165) is 12.0 Å². The van der Waals surface area contributed by atoms with Gasteiger partial charge in [-0.25, -0.2) is 4.39 Å². The second kappa shape index (κ2) is 5.65. The van der Waals surface area contributed by atoms with Crippen LogP contribution in [0.2, 0.25) is 0 Å². The van der Waals surface area contributed by atoms with Gasteiger partial charge in [0, 0.05) is 0 Å². The molecule has 0 heterocycles. The molecule has 2 nitrogen and oxygen atoms in total. The van der Waals surface area contributed by atoms with E-state index in [9.17, 15) is 4.39 Å². The van der Waals surface area contributed by atoms with E-state index in [1.807, 2.05) is 24.3 Å². The monoisotopic (exact) mass is 245 g/mol. The average Bonchev–Trinajstić information content (AvgIpc) is 2.38. The quantitative estimate of drug-likeness (QED) is 0.895. The smallest absolute Gasteiger partial charge is 0.168 e. The fourth-order valence-corrected chi connectivity index (χ4v) is 1.72. The fraction of sp³-hybridized carbons (Fsp3) is 0.200. The Hall–Kier alpha value is -1.87. The van der Waals surface area contributed by atoms with Crippen LogP contribution in [0.5, 0.6) is 11.5 Å². The molecule has 2 aromatic rings. The zero-order valence-corrected chi connectivity index (χ0v) is 10.3. The number of hydrogen-bond acceptors (Lipinski definition) is 2. The number of ether oxygens (including phenoxy) is 1. The van der Waals surface area contributed by atoms with E-state index in [2.05, 4.69) is 0 Å². The summed E-state index contributed by atoms with van der Waals surface area (Å²) in [6.45, 7) is 2.33. The summed E-state index contributed by atoms with van der Waals surface area (Å²) >= 11 is 0. The third-order valence-electron chi connectivity index (χ3n) is 2.74. The van der Waals surface area contributed by atoms with Gasteiger partial charge in [0.15, 0.2) is 11.6 Å². The Balaban J connectivity index is 2.16. The molecule has 0 aliphatic carbocycles. The van der Waals surface area contributed by atoms with Crippen LogP contribution in [0.15, 0.2) is 42.5 Å². The number of aryl methyl sites for hydroxylation is 1. The molecule has 0 bridgehead atoms. The second-order valence-corrected chi connectivity index (χ2v) is 4.17. The summed E-state index contributed by atoms with van der Waals surface area (Å²) in [6.07, 6.45) is 0.832. The Morgan fingerprint density at radius 1 is 1.11 bits per heavy atom. The molecule has 0 aliphatic rings. The van der Waals surface area contributed by atoms with Gasteiger partial charge in [-0.15, -0.1) is 0 Å². The molecule has 0 aliphatic heterocycles. The summed E-state index contributed by atoms with van der Waals surface area (Å²) in [7, 11) is 0. The SMILES string of the molecule is Cc1cccc(Oc2ccc(CCN)cc2)c1F. The number of nitrogens with two attached hydrogens (primary N) is 1. The van der Waals surface area contributed by atoms with Crippen LogP contribution in [0.25, 0.3) is 0 Å². The van der Waals surface area contributed by atoms with Crippen molar-refractivity contribution >= 4 is 0 Å². The maximum absolute atomic E-state index is 13.7. The molecule has 2 N–H and O–H groups in total. The molecule has 0 saturated heterocycles. The molecular weight excluding hydrogens is 229 g/mol. The molecule has 0 saturated carbocycles. The molecule has 3 heteroatoms. The minimum absolute atomic E-state index is 0.251. The van der Waals surface area contributed by atoms with Crippen molar-refractivity contribution in [3.05, 3.63) is 59.4 Å².